The number of carbonyl (C=O) groups excluding carboxylic acids is 1. The highest BCUT2D eigenvalue weighted by Crippen LogP contribution is 2.37. The Morgan fingerprint density at radius 3 is 3.00 bits per heavy atom. The van der Waals surface area contributed by atoms with E-state index >= 15 is 0 Å². The van der Waals surface area contributed by atoms with Crippen LogP contribution < -0.4 is 5.32 Å². The van der Waals surface area contributed by atoms with Gasteiger partial charge in [-0.05, 0) is 42.7 Å². The molecule has 1 aliphatic carbocycles. The zero-order valence-electron chi connectivity index (χ0n) is 11.4. The summed E-state index contributed by atoms with van der Waals surface area (Å²) in [7, 11) is 0. The zero-order valence-corrected chi connectivity index (χ0v) is 13.0. The highest BCUT2D eigenvalue weighted by Gasteiger charge is 2.20. The monoisotopic (exact) mass is 314 g/mol. The first-order chi connectivity index (χ1) is 10.3. The predicted molar refractivity (Wildman–Crippen MR) is 87.1 cm³/mol. The van der Waals surface area contributed by atoms with E-state index in [1.54, 1.807) is 17.5 Å². The van der Waals surface area contributed by atoms with E-state index in [9.17, 15) is 10.1 Å². The van der Waals surface area contributed by atoms with E-state index in [1.807, 2.05) is 17.5 Å². The Labute approximate surface area is 131 Å². The third-order valence-corrected chi connectivity index (χ3v) is 5.60. The van der Waals surface area contributed by atoms with Gasteiger partial charge in [0.25, 0.3) is 0 Å². The molecule has 5 heteroatoms. The molecule has 0 amide bonds. The van der Waals surface area contributed by atoms with Crippen LogP contribution in [0.3, 0.4) is 0 Å². The van der Waals surface area contributed by atoms with Gasteiger partial charge in [0.2, 0.25) is 0 Å². The van der Waals surface area contributed by atoms with Crippen LogP contribution in [0.2, 0.25) is 0 Å². The largest absolute Gasteiger partial charge is 0.352 e. The molecule has 3 rings (SSSR count). The van der Waals surface area contributed by atoms with E-state index in [0.29, 0.717) is 0 Å². The van der Waals surface area contributed by atoms with Crippen molar-refractivity contribution in [1.82, 2.24) is 0 Å². The van der Waals surface area contributed by atoms with Crippen molar-refractivity contribution < 1.29 is 4.79 Å². The second-order valence-corrected chi connectivity index (χ2v) is 6.90. The lowest BCUT2D eigenvalue weighted by atomic mass is 9.96. The molecule has 0 atom stereocenters. The molecule has 0 aliphatic heterocycles. The third-order valence-electron chi connectivity index (χ3n) is 3.50. The van der Waals surface area contributed by atoms with Gasteiger partial charge in [0.1, 0.15) is 11.1 Å². The van der Waals surface area contributed by atoms with Crippen molar-refractivity contribution in [3.8, 4) is 6.07 Å². The fourth-order valence-corrected chi connectivity index (χ4v) is 4.34. The number of ketones is 1. The summed E-state index contributed by atoms with van der Waals surface area (Å²) in [6.07, 6.45) is 7.57. The minimum Gasteiger partial charge on any atom is -0.352 e. The summed E-state index contributed by atoms with van der Waals surface area (Å²) in [5, 5.41) is 15.2. The maximum absolute atomic E-state index is 11.9. The third kappa shape index (κ3) is 2.92. The molecule has 3 nitrogen and oxygen atoms in total. The van der Waals surface area contributed by atoms with Crippen molar-refractivity contribution in [3.05, 3.63) is 50.7 Å². The van der Waals surface area contributed by atoms with Gasteiger partial charge < -0.3 is 5.32 Å². The highest BCUT2D eigenvalue weighted by atomic mass is 32.1. The Bertz CT molecular complexity index is 720. The van der Waals surface area contributed by atoms with Gasteiger partial charge in [-0.15, -0.1) is 22.7 Å². The first-order valence-electron chi connectivity index (χ1n) is 6.85. The number of rotatable bonds is 4. The molecular formula is C16H14N2OS2. The number of aryl methyl sites for hydroxylation is 1. The van der Waals surface area contributed by atoms with Crippen molar-refractivity contribution in [2.75, 3.05) is 5.32 Å². The molecule has 21 heavy (non-hydrogen) atoms. The fourth-order valence-electron chi connectivity index (χ4n) is 2.48. The predicted octanol–water partition coefficient (Wildman–Crippen LogP) is 4.37. The number of allylic oxidation sites excluding steroid dienone is 1. The number of fused-ring (bicyclic) bond motifs is 1. The van der Waals surface area contributed by atoms with Crippen molar-refractivity contribution in [3.63, 3.8) is 0 Å². The Balaban J connectivity index is 1.75. The lowest BCUT2D eigenvalue weighted by Gasteiger charge is -2.09. The molecule has 2 aromatic heterocycles. The van der Waals surface area contributed by atoms with Crippen molar-refractivity contribution in [1.29, 1.82) is 5.26 Å². The highest BCUT2D eigenvalue weighted by molar-refractivity contribution is 7.16. The Morgan fingerprint density at radius 2 is 2.24 bits per heavy atom. The SMILES string of the molecule is N#Cc1c(NC=CC(=O)c2cccs2)sc2c1CCCC2. The van der Waals surface area contributed by atoms with E-state index in [1.165, 1.54) is 34.3 Å². The van der Waals surface area contributed by atoms with Crippen LogP contribution in [0.25, 0.3) is 0 Å². The summed E-state index contributed by atoms with van der Waals surface area (Å²) >= 11 is 3.07. The quantitative estimate of drug-likeness (QED) is 0.673. The Hall–Kier alpha value is -1.90. The number of hydrogen-bond donors (Lipinski definition) is 1. The van der Waals surface area contributed by atoms with E-state index in [4.69, 9.17) is 0 Å². The summed E-state index contributed by atoms with van der Waals surface area (Å²) in [6.45, 7) is 0. The number of thiophene rings is 2. The molecule has 0 unspecified atom stereocenters. The van der Waals surface area contributed by atoms with Crippen LogP contribution in [0.1, 0.15) is 38.5 Å². The van der Waals surface area contributed by atoms with Crippen molar-refractivity contribution in [2.45, 2.75) is 25.7 Å². The number of nitrogens with zero attached hydrogens (tertiary/aromatic N) is 1. The molecule has 0 saturated heterocycles. The van der Waals surface area contributed by atoms with E-state index in [2.05, 4.69) is 11.4 Å². The van der Waals surface area contributed by atoms with Gasteiger partial charge in [0.15, 0.2) is 5.78 Å². The van der Waals surface area contributed by atoms with Crippen molar-refractivity contribution in [2.24, 2.45) is 0 Å². The van der Waals surface area contributed by atoms with Crippen LogP contribution in [0.5, 0.6) is 0 Å². The molecule has 0 aromatic carbocycles. The average Bonchev–Trinajstić information content (AvgIpc) is 3.14. The van der Waals surface area contributed by atoms with Crippen LogP contribution in [0.4, 0.5) is 5.00 Å². The second-order valence-electron chi connectivity index (χ2n) is 4.85. The number of carbonyl (C=O) groups is 1. The van der Waals surface area contributed by atoms with Gasteiger partial charge >= 0.3 is 0 Å². The maximum Gasteiger partial charge on any atom is 0.197 e. The normalized spacial score (nSPS) is 13.9. The topological polar surface area (TPSA) is 52.9 Å². The molecule has 0 fully saturated rings. The van der Waals surface area contributed by atoms with Crippen LogP contribution in [-0.4, -0.2) is 5.78 Å². The molecule has 2 aromatic rings. The van der Waals surface area contributed by atoms with Crippen molar-refractivity contribution >= 4 is 33.5 Å². The zero-order chi connectivity index (χ0) is 14.7. The molecule has 1 N–H and O–H groups in total. The second kappa shape index (κ2) is 6.25. The lowest BCUT2D eigenvalue weighted by molar-refractivity contribution is 0.105. The fraction of sp³-hybridized carbons (Fsp3) is 0.250. The first-order valence-corrected chi connectivity index (χ1v) is 8.55. The van der Waals surface area contributed by atoms with Crippen LogP contribution in [0.15, 0.2) is 29.8 Å². The van der Waals surface area contributed by atoms with Crippen LogP contribution >= 0.6 is 22.7 Å². The molecule has 0 bridgehead atoms. The van der Waals surface area contributed by atoms with Gasteiger partial charge in [-0.25, -0.2) is 0 Å². The Kier molecular flexibility index (Phi) is 4.18. The van der Waals surface area contributed by atoms with Gasteiger partial charge in [-0.2, -0.15) is 5.26 Å². The number of nitriles is 1. The standard InChI is InChI=1S/C16H14N2OS2/c17-10-12-11-4-1-2-5-14(11)21-16(12)18-8-7-13(19)15-6-3-9-20-15/h3,6-9,18H,1-2,4-5H2. The first kappa shape index (κ1) is 14.1. The van der Waals surface area contributed by atoms with Crippen LogP contribution in [0, 0.1) is 11.3 Å². The Morgan fingerprint density at radius 1 is 1.38 bits per heavy atom. The molecule has 0 saturated carbocycles. The van der Waals surface area contributed by atoms with Gasteiger partial charge in [0, 0.05) is 17.2 Å². The molecule has 0 radical (unpaired) electrons. The molecule has 1 aliphatic rings. The molecule has 106 valence electrons. The van der Waals surface area contributed by atoms with Crippen LogP contribution in [-0.2, 0) is 12.8 Å². The average molecular weight is 314 g/mol. The van der Waals surface area contributed by atoms with Gasteiger partial charge in [0.05, 0.1) is 10.4 Å². The molecule has 0 spiro atoms. The van der Waals surface area contributed by atoms with Gasteiger partial charge in [-0.1, -0.05) is 6.07 Å². The molecular weight excluding hydrogens is 300 g/mol. The minimum absolute atomic E-state index is 0.0164. The maximum atomic E-state index is 11.9. The number of nitrogens with one attached hydrogen (secondary N) is 1. The van der Waals surface area contributed by atoms with Gasteiger partial charge in [-0.3, -0.25) is 4.79 Å². The summed E-state index contributed by atoms with van der Waals surface area (Å²) in [5.41, 5.74) is 1.96. The minimum atomic E-state index is -0.0164. The smallest absolute Gasteiger partial charge is 0.197 e. The number of anilines is 1. The number of hydrogen-bond acceptors (Lipinski definition) is 5. The lowest BCUT2D eigenvalue weighted by Crippen LogP contribution is -1.99. The summed E-state index contributed by atoms with van der Waals surface area (Å²) in [5.74, 6) is -0.0164. The summed E-state index contributed by atoms with van der Waals surface area (Å²) in [4.78, 5) is 13.9. The van der Waals surface area contributed by atoms with E-state index in [0.717, 1.165) is 34.7 Å². The summed E-state index contributed by atoms with van der Waals surface area (Å²) < 4.78 is 0. The van der Waals surface area contributed by atoms with E-state index < -0.39 is 0 Å². The summed E-state index contributed by atoms with van der Waals surface area (Å²) in [6, 6.07) is 5.97. The van der Waals surface area contributed by atoms with E-state index in [-0.39, 0.29) is 5.78 Å². The molecule has 2 heterocycles.